The van der Waals surface area contributed by atoms with E-state index in [-0.39, 0.29) is 5.57 Å². The summed E-state index contributed by atoms with van der Waals surface area (Å²) in [6, 6.07) is 13.4. The number of rotatable bonds is 4. The summed E-state index contributed by atoms with van der Waals surface area (Å²) in [7, 11) is 0. The maximum absolute atomic E-state index is 13.0. The zero-order valence-corrected chi connectivity index (χ0v) is 15.6. The van der Waals surface area contributed by atoms with Gasteiger partial charge in [0.25, 0.3) is 11.8 Å². The van der Waals surface area contributed by atoms with Crippen molar-refractivity contribution in [2.75, 3.05) is 11.5 Å². The molecule has 0 aliphatic carbocycles. The van der Waals surface area contributed by atoms with Crippen molar-refractivity contribution in [1.82, 2.24) is 10.3 Å². The average Bonchev–Trinajstić information content (AvgIpc) is 2.73. The minimum absolute atomic E-state index is 0.129. The first-order chi connectivity index (χ1) is 14.1. The minimum Gasteiger partial charge on any atom is -0.493 e. The van der Waals surface area contributed by atoms with Gasteiger partial charge in [0.05, 0.1) is 12.3 Å². The molecule has 0 unspecified atom stereocenters. The van der Waals surface area contributed by atoms with Crippen LogP contribution in [0, 0.1) is 0 Å². The van der Waals surface area contributed by atoms with Crippen molar-refractivity contribution in [2.24, 2.45) is 0 Å². The van der Waals surface area contributed by atoms with Crippen molar-refractivity contribution in [2.45, 2.75) is 6.92 Å². The second-order valence-electron chi connectivity index (χ2n) is 6.29. The summed E-state index contributed by atoms with van der Waals surface area (Å²) in [4.78, 5) is 42.5. The van der Waals surface area contributed by atoms with Crippen LogP contribution in [0.15, 0.2) is 66.5 Å². The van der Waals surface area contributed by atoms with Crippen LogP contribution in [-0.4, -0.2) is 29.4 Å². The molecule has 4 rings (SSSR count). The Morgan fingerprint density at radius 2 is 1.72 bits per heavy atom. The Bertz CT molecular complexity index is 1160. The van der Waals surface area contributed by atoms with Gasteiger partial charge in [-0.25, -0.2) is 9.69 Å². The molecule has 7 nitrogen and oxygen atoms in total. The number of pyridine rings is 1. The molecule has 0 radical (unpaired) electrons. The molecule has 2 aromatic carbocycles. The van der Waals surface area contributed by atoms with E-state index in [1.165, 1.54) is 30.6 Å². The molecule has 4 amide bonds. The van der Waals surface area contributed by atoms with Crippen LogP contribution in [0.25, 0.3) is 16.8 Å². The topological polar surface area (TPSA) is 88.6 Å². The molecule has 0 bridgehead atoms. The number of ether oxygens (including phenoxy) is 1. The predicted octanol–water partition coefficient (Wildman–Crippen LogP) is 3.30. The van der Waals surface area contributed by atoms with Gasteiger partial charge in [0, 0.05) is 17.8 Å². The van der Waals surface area contributed by atoms with E-state index in [0.29, 0.717) is 17.9 Å². The van der Waals surface area contributed by atoms with Gasteiger partial charge in [0.15, 0.2) is 0 Å². The first kappa shape index (κ1) is 18.4. The lowest BCUT2D eigenvalue weighted by atomic mass is 10.00. The second-order valence-corrected chi connectivity index (χ2v) is 6.29. The fourth-order valence-electron chi connectivity index (χ4n) is 3.24. The van der Waals surface area contributed by atoms with Crippen LogP contribution < -0.4 is 15.0 Å². The fourth-order valence-corrected chi connectivity index (χ4v) is 3.24. The van der Waals surface area contributed by atoms with Gasteiger partial charge in [0.2, 0.25) is 0 Å². The van der Waals surface area contributed by atoms with E-state index in [1.54, 1.807) is 12.1 Å². The van der Waals surface area contributed by atoms with E-state index in [4.69, 9.17) is 4.74 Å². The molecule has 0 atom stereocenters. The van der Waals surface area contributed by atoms with Crippen LogP contribution in [0.3, 0.4) is 0 Å². The van der Waals surface area contributed by atoms with E-state index in [9.17, 15) is 14.4 Å². The molecule has 1 aromatic heterocycles. The standard InChI is InChI=1S/C22H17N3O4/c1-2-29-19-8-7-14(16-5-3-4-6-17(16)19)13-18-20(26)24-22(28)25(21(18)27)15-9-11-23-12-10-15/h3-13H,2H2,1H3,(H,24,26,28)/b18-13+. The number of carbonyl (C=O) groups excluding carboxylic acids is 3. The molecule has 1 aliphatic heterocycles. The molecular formula is C22H17N3O4. The molecule has 0 spiro atoms. The lowest BCUT2D eigenvalue weighted by Gasteiger charge is -2.26. The minimum atomic E-state index is -0.792. The number of carbonyl (C=O) groups is 3. The summed E-state index contributed by atoms with van der Waals surface area (Å²) in [5, 5.41) is 3.92. The van der Waals surface area contributed by atoms with E-state index in [1.807, 2.05) is 31.2 Å². The van der Waals surface area contributed by atoms with Crippen molar-refractivity contribution >= 4 is 40.4 Å². The van der Waals surface area contributed by atoms with E-state index < -0.39 is 17.8 Å². The molecule has 1 fully saturated rings. The maximum Gasteiger partial charge on any atom is 0.335 e. The van der Waals surface area contributed by atoms with Crippen LogP contribution >= 0.6 is 0 Å². The number of nitrogens with zero attached hydrogens (tertiary/aromatic N) is 2. The number of amides is 4. The molecule has 7 heteroatoms. The number of nitrogens with one attached hydrogen (secondary N) is 1. The van der Waals surface area contributed by atoms with Gasteiger partial charge in [-0.15, -0.1) is 0 Å². The number of barbiturate groups is 1. The van der Waals surface area contributed by atoms with Crippen LogP contribution in [0.2, 0.25) is 0 Å². The van der Waals surface area contributed by atoms with E-state index >= 15 is 0 Å². The number of urea groups is 1. The molecule has 1 aliphatic rings. The zero-order chi connectivity index (χ0) is 20.4. The molecule has 144 valence electrons. The van der Waals surface area contributed by atoms with Crippen molar-refractivity contribution in [3.63, 3.8) is 0 Å². The van der Waals surface area contributed by atoms with E-state index in [0.717, 1.165) is 21.4 Å². The number of hydrogen-bond acceptors (Lipinski definition) is 5. The number of benzene rings is 2. The fraction of sp³-hybridized carbons (Fsp3) is 0.0909. The van der Waals surface area contributed by atoms with Crippen LogP contribution in [0.5, 0.6) is 5.75 Å². The molecular weight excluding hydrogens is 370 g/mol. The van der Waals surface area contributed by atoms with Crippen molar-refractivity contribution < 1.29 is 19.1 Å². The number of aromatic nitrogens is 1. The summed E-state index contributed by atoms with van der Waals surface area (Å²) < 4.78 is 5.67. The largest absolute Gasteiger partial charge is 0.493 e. The number of fused-ring (bicyclic) bond motifs is 1. The first-order valence-corrected chi connectivity index (χ1v) is 9.06. The maximum atomic E-state index is 13.0. The normalized spacial score (nSPS) is 15.7. The van der Waals surface area contributed by atoms with Crippen molar-refractivity contribution in [3.05, 3.63) is 72.1 Å². The smallest absolute Gasteiger partial charge is 0.335 e. The van der Waals surface area contributed by atoms with Crippen molar-refractivity contribution in [1.29, 1.82) is 0 Å². The van der Waals surface area contributed by atoms with E-state index in [2.05, 4.69) is 10.3 Å². The van der Waals surface area contributed by atoms with Crippen LogP contribution in [-0.2, 0) is 9.59 Å². The Balaban J connectivity index is 1.81. The van der Waals surface area contributed by atoms with Gasteiger partial charge in [-0.1, -0.05) is 30.3 Å². The third-order valence-electron chi connectivity index (χ3n) is 4.54. The number of imide groups is 2. The Kier molecular flexibility index (Phi) is 4.78. The van der Waals surface area contributed by atoms with Gasteiger partial charge < -0.3 is 4.74 Å². The molecule has 29 heavy (non-hydrogen) atoms. The highest BCUT2D eigenvalue weighted by Gasteiger charge is 2.36. The van der Waals surface area contributed by atoms with Crippen LogP contribution in [0.4, 0.5) is 10.5 Å². The average molecular weight is 387 g/mol. The molecule has 1 saturated heterocycles. The quantitative estimate of drug-likeness (QED) is 0.548. The summed E-state index contributed by atoms with van der Waals surface area (Å²) in [5.74, 6) is -0.704. The SMILES string of the molecule is CCOc1ccc(/C=C2\C(=O)NC(=O)N(c3ccncc3)C2=O)c2ccccc12. The Morgan fingerprint density at radius 3 is 2.45 bits per heavy atom. The highest BCUT2D eigenvalue weighted by Crippen LogP contribution is 2.30. The van der Waals surface area contributed by atoms with Gasteiger partial charge >= 0.3 is 6.03 Å². The van der Waals surface area contributed by atoms with Gasteiger partial charge in [-0.3, -0.25) is 19.9 Å². The summed E-state index contributed by atoms with van der Waals surface area (Å²) in [6.45, 7) is 2.43. The first-order valence-electron chi connectivity index (χ1n) is 9.06. The summed E-state index contributed by atoms with van der Waals surface area (Å²) in [6.07, 6.45) is 4.43. The lowest BCUT2D eigenvalue weighted by Crippen LogP contribution is -2.54. The molecule has 1 N–H and O–H groups in total. The Labute approximate surface area is 166 Å². The second kappa shape index (κ2) is 7.55. The zero-order valence-electron chi connectivity index (χ0n) is 15.6. The third-order valence-corrected chi connectivity index (χ3v) is 4.54. The molecule has 3 aromatic rings. The summed E-state index contributed by atoms with van der Waals surface area (Å²) in [5.41, 5.74) is 0.875. The van der Waals surface area contributed by atoms with Gasteiger partial charge in [-0.2, -0.15) is 0 Å². The number of anilines is 1. The lowest BCUT2D eigenvalue weighted by molar-refractivity contribution is -0.122. The highest BCUT2D eigenvalue weighted by atomic mass is 16.5. The van der Waals surface area contributed by atoms with Crippen LogP contribution in [0.1, 0.15) is 12.5 Å². The molecule has 0 saturated carbocycles. The summed E-state index contributed by atoms with van der Waals surface area (Å²) >= 11 is 0. The highest BCUT2D eigenvalue weighted by molar-refractivity contribution is 6.39. The molecule has 2 heterocycles. The number of hydrogen-bond donors (Lipinski definition) is 1. The Hall–Kier alpha value is -4.00. The van der Waals surface area contributed by atoms with Gasteiger partial charge in [-0.05, 0) is 42.1 Å². The monoisotopic (exact) mass is 387 g/mol. The predicted molar refractivity (Wildman–Crippen MR) is 108 cm³/mol. The van der Waals surface area contributed by atoms with Gasteiger partial charge in [0.1, 0.15) is 11.3 Å². The third kappa shape index (κ3) is 3.34. The Morgan fingerprint density at radius 1 is 1.00 bits per heavy atom. The van der Waals surface area contributed by atoms with Crippen molar-refractivity contribution in [3.8, 4) is 5.75 Å².